The fraction of sp³-hybridized carbons (Fsp3) is 0.0833. The maximum atomic E-state index is 11.5. The van der Waals surface area contributed by atoms with Crippen LogP contribution in [0.3, 0.4) is 0 Å². The lowest BCUT2D eigenvalue weighted by atomic mass is 10.3. The molecule has 0 bridgehead atoms. The van der Waals surface area contributed by atoms with Gasteiger partial charge in [0.15, 0.2) is 5.69 Å². The molecule has 0 fully saturated rings. The topological polar surface area (TPSA) is 84.2 Å². The molecule has 92 valence electrons. The van der Waals surface area contributed by atoms with Crippen molar-refractivity contribution >= 4 is 11.9 Å². The number of carboxylic acid groups (broad SMARTS) is 1. The summed E-state index contributed by atoms with van der Waals surface area (Å²) >= 11 is 0. The number of nitrogens with one attached hydrogen (secondary N) is 1. The number of hydrogen-bond donors (Lipinski definition) is 2. The lowest BCUT2D eigenvalue weighted by Gasteiger charge is -2.00. The van der Waals surface area contributed by atoms with Gasteiger partial charge in [0, 0.05) is 6.20 Å². The van der Waals surface area contributed by atoms with Crippen LogP contribution >= 0.6 is 0 Å². The first kappa shape index (κ1) is 11.8. The van der Waals surface area contributed by atoms with Gasteiger partial charge in [-0.15, -0.1) is 0 Å². The zero-order valence-electron chi connectivity index (χ0n) is 9.41. The first-order chi connectivity index (χ1) is 8.66. The molecular formula is C12H11N3O3. The monoisotopic (exact) mass is 245 g/mol. The molecule has 6 heteroatoms. The summed E-state index contributed by atoms with van der Waals surface area (Å²) in [7, 11) is 0. The fourth-order valence-electron chi connectivity index (χ4n) is 1.42. The number of amides is 1. The van der Waals surface area contributed by atoms with E-state index in [0.717, 1.165) is 5.69 Å². The van der Waals surface area contributed by atoms with E-state index in [0.29, 0.717) is 0 Å². The number of hydrogen-bond acceptors (Lipinski definition) is 3. The molecule has 0 saturated heterocycles. The average molecular weight is 245 g/mol. The number of para-hydroxylation sites is 1. The van der Waals surface area contributed by atoms with Gasteiger partial charge in [-0.25, -0.2) is 4.68 Å². The molecule has 18 heavy (non-hydrogen) atoms. The van der Waals surface area contributed by atoms with Gasteiger partial charge in [-0.05, 0) is 18.2 Å². The maximum Gasteiger partial charge on any atom is 0.322 e. The Bertz CT molecular complexity index is 563. The van der Waals surface area contributed by atoms with Gasteiger partial charge in [0.2, 0.25) is 0 Å². The predicted molar refractivity (Wildman–Crippen MR) is 63.5 cm³/mol. The van der Waals surface area contributed by atoms with Crippen molar-refractivity contribution in [2.45, 2.75) is 0 Å². The molecule has 0 radical (unpaired) electrons. The average Bonchev–Trinajstić information content (AvgIpc) is 2.86. The van der Waals surface area contributed by atoms with Crippen molar-refractivity contribution in [3.05, 3.63) is 48.3 Å². The molecule has 6 nitrogen and oxygen atoms in total. The fourth-order valence-corrected chi connectivity index (χ4v) is 1.42. The van der Waals surface area contributed by atoms with Crippen LogP contribution in [0.4, 0.5) is 0 Å². The Hall–Kier alpha value is -2.63. The first-order valence-electron chi connectivity index (χ1n) is 5.28. The largest absolute Gasteiger partial charge is 0.480 e. The van der Waals surface area contributed by atoms with E-state index in [1.54, 1.807) is 10.9 Å². The zero-order valence-corrected chi connectivity index (χ0v) is 9.41. The summed E-state index contributed by atoms with van der Waals surface area (Å²) in [5.41, 5.74) is 1.01. The minimum Gasteiger partial charge on any atom is -0.480 e. The standard InChI is InChI=1S/C12H11N3O3/c16-11(17)8-13-12(18)10-6-7-15(14-10)9-4-2-1-3-5-9/h1-7H,8H2,(H,13,18)(H,16,17). The molecule has 2 aromatic rings. The Kier molecular flexibility index (Phi) is 3.38. The Morgan fingerprint density at radius 2 is 1.94 bits per heavy atom. The van der Waals surface area contributed by atoms with E-state index in [1.807, 2.05) is 30.3 Å². The van der Waals surface area contributed by atoms with Crippen molar-refractivity contribution in [1.29, 1.82) is 0 Å². The SMILES string of the molecule is O=C(O)CNC(=O)c1ccn(-c2ccccc2)n1. The van der Waals surface area contributed by atoms with E-state index in [2.05, 4.69) is 10.4 Å². The van der Waals surface area contributed by atoms with Crippen LogP contribution in [0.15, 0.2) is 42.6 Å². The number of aliphatic carboxylic acids is 1. The predicted octanol–water partition coefficient (Wildman–Crippen LogP) is 0.687. The Morgan fingerprint density at radius 3 is 2.61 bits per heavy atom. The summed E-state index contributed by atoms with van der Waals surface area (Å²) in [5, 5.41) is 14.8. The van der Waals surface area contributed by atoms with E-state index in [4.69, 9.17) is 5.11 Å². The number of rotatable bonds is 4. The van der Waals surface area contributed by atoms with Crippen LogP contribution in [-0.4, -0.2) is 33.3 Å². The molecule has 1 amide bonds. The second-order valence-electron chi connectivity index (χ2n) is 3.56. The molecule has 0 spiro atoms. The third-order valence-electron chi connectivity index (χ3n) is 2.24. The van der Waals surface area contributed by atoms with Crippen molar-refractivity contribution in [2.75, 3.05) is 6.54 Å². The zero-order chi connectivity index (χ0) is 13.0. The highest BCUT2D eigenvalue weighted by molar-refractivity contribution is 5.93. The molecule has 0 aliphatic heterocycles. The molecule has 1 aromatic heterocycles. The second kappa shape index (κ2) is 5.13. The van der Waals surface area contributed by atoms with E-state index in [-0.39, 0.29) is 5.69 Å². The van der Waals surface area contributed by atoms with Gasteiger partial charge in [0.1, 0.15) is 6.54 Å². The molecule has 0 aliphatic rings. The van der Waals surface area contributed by atoms with Crippen molar-refractivity contribution < 1.29 is 14.7 Å². The van der Waals surface area contributed by atoms with Gasteiger partial charge < -0.3 is 10.4 Å². The quantitative estimate of drug-likeness (QED) is 0.829. The number of nitrogens with zero attached hydrogens (tertiary/aromatic N) is 2. The Labute approximate surface area is 103 Å². The van der Waals surface area contributed by atoms with Crippen molar-refractivity contribution in [3.63, 3.8) is 0 Å². The Morgan fingerprint density at radius 1 is 1.22 bits per heavy atom. The summed E-state index contributed by atoms with van der Waals surface area (Å²) in [4.78, 5) is 21.9. The molecule has 1 aromatic carbocycles. The highest BCUT2D eigenvalue weighted by Gasteiger charge is 2.10. The maximum absolute atomic E-state index is 11.5. The van der Waals surface area contributed by atoms with Crippen molar-refractivity contribution in [1.82, 2.24) is 15.1 Å². The first-order valence-corrected chi connectivity index (χ1v) is 5.28. The van der Waals surface area contributed by atoms with Crippen LogP contribution in [0.25, 0.3) is 5.69 Å². The van der Waals surface area contributed by atoms with Gasteiger partial charge in [-0.2, -0.15) is 5.10 Å². The van der Waals surface area contributed by atoms with E-state index >= 15 is 0 Å². The molecular weight excluding hydrogens is 234 g/mol. The van der Waals surface area contributed by atoms with Crippen LogP contribution in [0.5, 0.6) is 0 Å². The van der Waals surface area contributed by atoms with Gasteiger partial charge in [-0.3, -0.25) is 9.59 Å². The summed E-state index contributed by atoms with van der Waals surface area (Å²) in [6.45, 7) is -0.420. The third-order valence-corrected chi connectivity index (χ3v) is 2.24. The lowest BCUT2D eigenvalue weighted by Crippen LogP contribution is -2.29. The van der Waals surface area contributed by atoms with Crippen molar-refractivity contribution in [2.24, 2.45) is 0 Å². The van der Waals surface area contributed by atoms with E-state index in [9.17, 15) is 9.59 Å². The summed E-state index contributed by atoms with van der Waals surface area (Å²) in [5.74, 6) is -1.60. The number of carbonyl (C=O) groups excluding carboxylic acids is 1. The molecule has 0 unspecified atom stereocenters. The van der Waals surface area contributed by atoms with Gasteiger partial charge in [0.05, 0.1) is 5.69 Å². The molecule has 0 atom stereocenters. The summed E-state index contributed by atoms with van der Waals surface area (Å²) in [6.07, 6.45) is 1.64. The van der Waals surface area contributed by atoms with Crippen molar-refractivity contribution in [3.8, 4) is 5.69 Å². The van der Waals surface area contributed by atoms with Crippen LogP contribution in [0.2, 0.25) is 0 Å². The molecule has 0 aliphatic carbocycles. The second-order valence-corrected chi connectivity index (χ2v) is 3.56. The van der Waals surface area contributed by atoms with Gasteiger partial charge in [-0.1, -0.05) is 18.2 Å². The van der Waals surface area contributed by atoms with Crippen LogP contribution in [0.1, 0.15) is 10.5 Å². The van der Waals surface area contributed by atoms with E-state index in [1.165, 1.54) is 6.07 Å². The van der Waals surface area contributed by atoms with Crippen LogP contribution in [-0.2, 0) is 4.79 Å². The lowest BCUT2D eigenvalue weighted by molar-refractivity contribution is -0.135. The minimum atomic E-state index is -1.09. The molecule has 0 saturated carbocycles. The Balaban J connectivity index is 2.11. The third kappa shape index (κ3) is 2.73. The summed E-state index contributed by atoms with van der Waals surface area (Å²) < 4.78 is 1.55. The molecule has 2 rings (SSSR count). The highest BCUT2D eigenvalue weighted by atomic mass is 16.4. The number of carbonyl (C=O) groups is 2. The van der Waals surface area contributed by atoms with E-state index < -0.39 is 18.4 Å². The number of carboxylic acids is 1. The number of aromatic nitrogens is 2. The minimum absolute atomic E-state index is 0.181. The van der Waals surface area contributed by atoms with Gasteiger partial charge in [0.25, 0.3) is 5.91 Å². The summed E-state index contributed by atoms with van der Waals surface area (Å²) in [6, 6.07) is 10.8. The molecule has 1 heterocycles. The normalized spacial score (nSPS) is 10.0. The molecule has 2 N–H and O–H groups in total. The van der Waals surface area contributed by atoms with Gasteiger partial charge >= 0.3 is 5.97 Å². The number of benzene rings is 1. The smallest absolute Gasteiger partial charge is 0.322 e. The van der Waals surface area contributed by atoms with Crippen LogP contribution < -0.4 is 5.32 Å². The highest BCUT2D eigenvalue weighted by Crippen LogP contribution is 2.06. The van der Waals surface area contributed by atoms with Crippen LogP contribution in [0, 0.1) is 0 Å².